The maximum absolute atomic E-state index is 6.13. The highest BCUT2D eigenvalue weighted by Crippen LogP contribution is 2.29. The molecule has 6 heteroatoms. The first kappa shape index (κ1) is 15.4. The molecule has 0 radical (unpaired) electrons. The first-order chi connectivity index (χ1) is 10.1. The van der Waals surface area contributed by atoms with E-state index in [9.17, 15) is 0 Å². The van der Waals surface area contributed by atoms with Gasteiger partial charge in [0.2, 0.25) is 5.95 Å². The fourth-order valence-corrected chi connectivity index (χ4v) is 2.03. The molecular weight excluding hydrogens is 288 g/mol. The van der Waals surface area contributed by atoms with Crippen molar-refractivity contribution in [1.82, 2.24) is 9.97 Å². The van der Waals surface area contributed by atoms with E-state index in [1.54, 1.807) is 19.4 Å². The third-order valence-corrected chi connectivity index (χ3v) is 3.21. The largest absolute Gasteiger partial charge is 0.495 e. The van der Waals surface area contributed by atoms with Crippen molar-refractivity contribution in [2.24, 2.45) is 0 Å². The molecule has 0 spiro atoms. The predicted octanol–water partition coefficient (Wildman–Crippen LogP) is 4.01. The van der Waals surface area contributed by atoms with E-state index in [1.807, 2.05) is 19.1 Å². The van der Waals surface area contributed by atoms with Crippen LogP contribution in [0.25, 0.3) is 0 Å². The summed E-state index contributed by atoms with van der Waals surface area (Å²) in [7, 11) is 1.59. The molecule has 0 unspecified atom stereocenters. The smallest absolute Gasteiger partial charge is 0.224 e. The molecule has 1 aromatic heterocycles. The Morgan fingerprint density at radius 2 is 2.14 bits per heavy atom. The molecule has 21 heavy (non-hydrogen) atoms. The molecule has 0 atom stereocenters. The number of hydrogen-bond donors (Lipinski definition) is 2. The molecule has 0 fully saturated rings. The molecule has 2 aromatic rings. The van der Waals surface area contributed by atoms with Crippen LogP contribution in [0.1, 0.15) is 18.9 Å². The number of aromatic nitrogens is 2. The third kappa shape index (κ3) is 3.98. The van der Waals surface area contributed by atoms with Gasteiger partial charge < -0.3 is 15.4 Å². The molecule has 0 aliphatic heterocycles. The summed E-state index contributed by atoms with van der Waals surface area (Å²) in [6.45, 7) is 4.90. The van der Waals surface area contributed by atoms with Crippen LogP contribution in [0.2, 0.25) is 5.02 Å². The number of rotatable bonds is 6. The van der Waals surface area contributed by atoms with Crippen molar-refractivity contribution >= 4 is 29.1 Å². The highest BCUT2D eigenvalue weighted by molar-refractivity contribution is 6.32. The summed E-state index contributed by atoms with van der Waals surface area (Å²) >= 11 is 6.13. The SMILES string of the molecule is CCCNc1ncc(C)c(Nc2ccc(OC)c(Cl)c2)n1. The summed E-state index contributed by atoms with van der Waals surface area (Å²) in [5.41, 5.74) is 1.81. The molecule has 1 heterocycles. The summed E-state index contributed by atoms with van der Waals surface area (Å²) < 4.78 is 5.14. The second-order valence-corrected chi connectivity index (χ2v) is 5.03. The van der Waals surface area contributed by atoms with Crippen LogP contribution in [-0.4, -0.2) is 23.6 Å². The maximum Gasteiger partial charge on any atom is 0.224 e. The van der Waals surface area contributed by atoms with Gasteiger partial charge in [0.25, 0.3) is 0 Å². The lowest BCUT2D eigenvalue weighted by atomic mass is 10.2. The summed E-state index contributed by atoms with van der Waals surface area (Å²) in [6, 6.07) is 5.52. The Balaban J connectivity index is 2.20. The van der Waals surface area contributed by atoms with E-state index in [-0.39, 0.29) is 0 Å². The van der Waals surface area contributed by atoms with E-state index in [2.05, 4.69) is 27.5 Å². The summed E-state index contributed by atoms with van der Waals surface area (Å²) in [6.07, 6.45) is 2.81. The second kappa shape index (κ2) is 7.13. The first-order valence-electron chi connectivity index (χ1n) is 6.82. The van der Waals surface area contributed by atoms with Gasteiger partial charge in [0.05, 0.1) is 12.1 Å². The van der Waals surface area contributed by atoms with Gasteiger partial charge in [-0.15, -0.1) is 0 Å². The zero-order valence-corrected chi connectivity index (χ0v) is 13.2. The number of hydrogen-bond acceptors (Lipinski definition) is 5. The van der Waals surface area contributed by atoms with Crippen molar-refractivity contribution in [3.63, 3.8) is 0 Å². The lowest BCUT2D eigenvalue weighted by Crippen LogP contribution is -2.06. The van der Waals surface area contributed by atoms with E-state index in [4.69, 9.17) is 16.3 Å². The monoisotopic (exact) mass is 306 g/mol. The van der Waals surface area contributed by atoms with Crippen molar-refractivity contribution < 1.29 is 4.74 Å². The van der Waals surface area contributed by atoms with Crippen molar-refractivity contribution in [3.05, 3.63) is 35.0 Å². The van der Waals surface area contributed by atoms with Crippen LogP contribution < -0.4 is 15.4 Å². The Labute approximate surface area is 129 Å². The van der Waals surface area contributed by atoms with E-state index >= 15 is 0 Å². The Kier molecular flexibility index (Phi) is 5.22. The molecule has 0 aliphatic carbocycles. The molecule has 5 nitrogen and oxygen atoms in total. The molecule has 0 saturated heterocycles. The zero-order chi connectivity index (χ0) is 15.2. The van der Waals surface area contributed by atoms with Crippen LogP contribution in [0, 0.1) is 6.92 Å². The minimum atomic E-state index is 0.554. The van der Waals surface area contributed by atoms with E-state index in [0.29, 0.717) is 16.7 Å². The van der Waals surface area contributed by atoms with Gasteiger partial charge in [-0.3, -0.25) is 0 Å². The average Bonchev–Trinajstić information content (AvgIpc) is 2.48. The minimum Gasteiger partial charge on any atom is -0.495 e. The van der Waals surface area contributed by atoms with Crippen molar-refractivity contribution in [1.29, 1.82) is 0 Å². The molecule has 0 saturated carbocycles. The van der Waals surface area contributed by atoms with Crippen LogP contribution in [0.4, 0.5) is 17.5 Å². The second-order valence-electron chi connectivity index (χ2n) is 4.63. The van der Waals surface area contributed by atoms with Gasteiger partial charge in [0.15, 0.2) is 0 Å². The molecule has 1 aromatic carbocycles. The number of nitrogens with one attached hydrogen (secondary N) is 2. The molecule has 2 N–H and O–H groups in total. The van der Waals surface area contributed by atoms with Crippen LogP contribution in [-0.2, 0) is 0 Å². The number of nitrogens with zero attached hydrogens (tertiary/aromatic N) is 2. The number of benzene rings is 1. The summed E-state index contributed by atoms with van der Waals surface area (Å²) in [4.78, 5) is 8.72. The number of halogens is 1. The van der Waals surface area contributed by atoms with Gasteiger partial charge in [0, 0.05) is 24.0 Å². The Morgan fingerprint density at radius 1 is 1.33 bits per heavy atom. The highest BCUT2D eigenvalue weighted by Gasteiger charge is 2.06. The van der Waals surface area contributed by atoms with Crippen LogP contribution in [0.5, 0.6) is 5.75 Å². The van der Waals surface area contributed by atoms with Crippen molar-refractivity contribution in [3.8, 4) is 5.75 Å². The fourth-order valence-electron chi connectivity index (χ4n) is 1.77. The molecular formula is C15H19ClN4O. The van der Waals surface area contributed by atoms with Crippen LogP contribution in [0.3, 0.4) is 0 Å². The van der Waals surface area contributed by atoms with Gasteiger partial charge in [-0.2, -0.15) is 4.98 Å². The molecule has 2 rings (SSSR count). The van der Waals surface area contributed by atoms with Gasteiger partial charge in [-0.1, -0.05) is 18.5 Å². The Hall–Kier alpha value is -2.01. The van der Waals surface area contributed by atoms with Crippen molar-refractivity contribution in [2.75, 3.05) is 24.3 Å². The topological polar surface area (TPSA) is 59.1 Å². The standard InChI is InChI=1S/C15H19ClN4O/c1-4-7-17-15-18-9-10(2)14(20-15)19-11-5-6-13(21-3)12(16)8-11/h5-6,8-9H,4,7H2,1-3H3,(H2,17,18,19,20). The van der Waals surface area contributed by atoms with E-state index < -0.39 is 0 Å². The van der Waals surface area contributed by atoms with Crippen molar-refractivity contribution in [2.45, 2.75) is 20.3 Å². The van der Waals surface area contributed by atoms with E-state index in [1.165, 1.54) is 0 Å². The van der Waals surface area contributed by atoms with Gasteiger partial charge in [-0.25, -0.2) is 4.98 Å². The maximum atomic E-state index is 6.13. The van der Waals surface area contributed by atoms with Gasteiger partial charge in [-0.05, 0) is 31.5 Å². The average molecular weight is 307 g/mol. The van der Waals surface area contributed by atoms with Crippen LogP contribution in [0.15, 0.2) is 24.4 Å². The molecule has 0 bridgehead atoms. The minimum absolute atomic E-state index is 0.554. The zero-order valence-electron chi connectivity index (χ0n) is 12.4. The number of methoxy groups -OCH3 is 1. The highest BCUT2D eigenvalue weighted by atomic mass is 35.5. The number of aryl methyl sites for hydroxylation is 1. The number of ether oxygens (including phenoxy) is 1. The fraction of sp³-hybridized carbons (Fsp3) is 0.333. The van der Waals surface area contributed by atoms with Gasteiger partial charge >= 0.3 is 0 Å². The first-order valence-corrected chi connectivity index (χ1v) is 7.20. The van der Waals surface area contributed by atoms with Gasteiger partial charge in [0.1, 0.15) is 11.6 Å². The van der Waals surface area contributed by atoms with E-state index in [0.717, 1.165) is 30.0 Å². The summed E-state index contributed by atoms with van der Waals surface area (Å²) in [5.74, 6) is 2.02. The molecule has 0 amide bonds. The Bertz CT molecular complexity index is 619. The Morgan fingerprint density at radius 3 is 2.81 bits per heavy atom. The van der Waals surface area contributed by atoms with Crippen LogP contribution >= 0.6 is 11.6 Å². The quantitative estimate of drug-likeness (QED) is 0.844. The lowest BCUT2D eigenvalue weighted by molar-refractivity contribution is 0.415. The summed E-state index contributed by atoms with van der Waals surface area (Å²) in [5, 5.41) is 6.97. The lowest BCUT2D eigenvalue weighted by Gasteiger charge is -2.12. The third-order valence-electron chi connectivity index (χ3n) is 2.92. The molecule has 0 aliphatic rings. The number of anilines is 3. The normalized spacial score (nSPS) is 10.3. The predicted molar refractivity (Wildman–Crippen MR) is 86.8 cm³/mol. The molecule has 112 valence electrons.